The number of allylic oxidation sites excluding steroid dienone is 1. The summed E-state index contributed by atoms with van der Waals surface area (Å²) in [4.78, 5) is 0. The van der Waals surface area contributed by atoms with E-state index in [9.17, 15) is 0 Å². The molecular weight excluding hydrogens is 114 g/mol. The van der Waals surface area contributed by atoms with Crippen molar-refractivity contribution in [2.24, 2.45) is 0 Å². The summed E-state index contributed by atoms with van der Waals surface area (Å²) in [5.41, 5.74) is 0. The normalized spacial score (nSPS) is 9.67. The maximum absolute atomic E-state index is 4.95. The van der Waals surface area contributed by atoms with Crippen LogP contribution in [0.2, 0.25) is 0 Å². The SMILES string of the molecule is CCOC=CC=[N+](C)C. The fourth-order valence-corrected chi connectivity index (χ4v) is 0.359. The summed E-state index contributed by atoms with van der Waals surface area (Å²) >= 11 is 0. The molecule has 0 fully saturated rings. The molecule has 9 heavy (non-hydrogen) atoms. The second-order valence-corrected chi connectivity index (χ2v) is 1.90. The Balaban J connectivity index is 3.35. The first-order chi connectivity index (χ1) is 4.27. The van der Waals surface area contributed by atoms with Gasteiger partial charge in [0.05, 0.1) is 12.9 Å². The number of ether oxygens (including phenoxy) is 1. The second-order valence-electron chi connectivity index (χ2n) is 1.90. The van der Waals surface area contributed by atoms with Gasteiger partial charge in [0.2, 0.25) is 0 Å². The Kier molecular flexibility index (Phi) is 4.88. The highest BCUT2D eigenvalue weighted by molar-refractivity contribution is 5.65. The van der Waals surface area contributed by atoms with Crippen molar-refractivity contribution in [1.82, 2.24) is 0 Å². The molecule has 0 bridgehead atoms. The van der Waals surface area contributed by atoms with Crippen LogP contribution in [-0.2, 0) is 4.74 Å². The van der Waals surface area contributed by atoms with Gasteiger partial charge >= 0.3 is 0 Å². The molecule has 0 aromatic heterocycles. The van der Waals surface area contributed by atoms with Crippen LogP contribution in [0.4, 0.5) is 0 Å². The highest BCUT2D eigenvalue weighted by Gasteiger charge is 1.74. The van der Waals surface area contributed by atoms with E-state index < -0.39 is 0 Å². The number of rotatable bonds is 3. The van der Waals surface area contributed by atoms with E-state index in [0.717, 1.165) is 6.61 Å². The third-order valence-corrected chi connectivity index (χ3v) is 0.726. The van der Waals surface area contributed by atoms with Crippen molar-refractivity contribution < 1.29 is 9.31 Å². The lowest BCUT2D eigenvalue weighted by molar-refractivity contribution is -0.458. The molecule has 0 rings (SSSR count). The summed E-state index contributed by atoms with van der Waals surface area (Å²) in [6.45, 7) is 2.69. The quantitative estimate of drug-likeness (QED) is 0.312. The van der Waals surface area contributed by atoms with E-state index in [4.69, 9.17) is 4.74 Å². The van der Waals surface area contributed by atoms with Crippen LogP contribution >= 0.6 is 0 Å². The zero-order chi connectivity index (χ0) is 7.11. The first-order valence-electron chi connectivity index (χ1n) is 3.05. The first kappa shape index (κ1) is 8.21. The molecular formula is C7H14NO+. The Morgan fingerprint density at radius 2 is 2.11 bits per heavy atom. The van der Waals surface area contributed by atoms with Gasteiger partial charge in [-0.15, -0.1) is 0 Å². The molecule has 0 aliphatic carbocycles. The van der Waals surface area contributed by atoms with Crippen molar-refractivity contribution in [3.05, 3.63) is 12.3 Å². The molecule has 0 aromatic carbocycles. The van der Waals surface area contributed by atoms with Gasteiger partial charge in [-0.25, -0.2) is 4.58 Å². The van der Waals surface area contributed by atoms with Crippen LogP contribution < -0.4 is 0 Å². The Hall–Kier alpha value is -0.790. The maximum atomic E-state index is 4.95. The van der Waals surface area contributed by atoms with E-state index >= 15 is 0 Å². The van der Waals surface area contributed by atoms with E-state index in [-0.39, 0.29) is 0 Å². The lowest BCUT2D eigenvalue weighted by Crippen LogP contribution is -1.95. The van der Waals surface area contributed by atoms with Gasteiger partial charge in [0, 0.05) is 6.08 Å². The highest BCUT2D eigenvalue weighted by atomic mass is 16.5. The Morgan fingerprint density at radius 1 is 1.44 bits per heavy atom. The topological polar surface area (TPSA) is 12.2 Å². The average molecular weight is 128 g/mol. The van der Waals surface area contributed by atoms with Gasteiger partial charge in [0.1, 0.15) is 14.1 Å². The summed E-state index contributed by atoms with van der Waals surface area (Å²) in [6.07, 6.45) is 5.47. The summed E-state index contributed by atoms with van der Waals surface area (Å²) in [6, 6.07) is 0. The van der Waals surface area contributed by atoms with Crippen LogP contribution in [0.25, 0.3) is 0 Å². The molecule has 0 aliphatic heterocycles. The van der Waals surface area contributed by atoms with Gasteiger partial charge in [0.15, 0.2) is 6.21 Å². The Bertz CT molecular complexity index is 112. The predicted molar refractivity (Wildman–Crippen MR) is 38.9 cm³/mol. The molecule has 0 heterocycles. The minimum absolute atomic E-state index is 0.734. The third kappa shape index (κ3) is 7.21. The monoisotopic (exact) mass is 128 g/mol. The van der Waals surface area contributed by atoms with Crippen LogP contribution in [0, 0.1) is 0 Å². The lowest BCUT2D eigenvalue weighted by Gasteiger charge is -1.87. The Labute approximate surface area is 56.5 Å². The second kappa shape index (κ2) is 5.35. The van der Waals surface area contributed by atoms with Gasteiger partial charge in [-0.05, 0) is 6.92 Å². The molecule has 0 radical (unpaired) electrons. The van der Waals surface area contributed by atoms with Crippen LogP contribution in [-0.4, -0.2) is 31.5 Å². The zero-order valence-corrected chi connectivity index (χ0v) is 6.29. The van der Waals surface area contributed by atoms with Gasteiger partial charge in [-0.2, -0.15) is 0 Å². The summed E-state index contributed by atoms with van der Waals surface area (Å²) in [7, 11) is 3.94. The average Bonchev–Trinajstić information content (AvgIpc) is 1.80. The van der Waals surface area contributed by atoms with Gasteiger partial charge in [0.25, 0.3) is 0 Å². The largest absolute Gasteiger partial charge is 0.501 e. The fraction of sp³-hybridized carbons (Fsp3) is 0.571. The molecule has 0 aromatic rings. The van der Waals surface area contributed by atoms with Crippen LogP contribution in [0.1, 0.15) is 6.92 Å². The number of hydrogen-bond donors (Lipinski definition) is 0. The van der Waals surface area contributed by atoms with E-state index in [1.807, 2.05) is 37.9 Å². The van der Waals surface area contributed by atoms with Crippen LogP contribution in [0.15, 0.2) is 12.3 Å². The third-order valence-electron chi connectivity index (χ3n) is 0.726. The minimum Gasteiger partial charge on any atom is -0.501 e. The molecule has 0 spiro atoms. The van der Waals surface area contributed by atoms with Crippen molar-refractivity contribution in [2.45, 2.75) is 6.92 Å². The molecule has 52 valence electrons. The molecule has 0 saturated heterocycles. The van der Waals surface area contributed by atoms with Gasteiger partial charge in [-0.1, -0.05) is 0 Å². The molecule has 0 amide bonds. The van der Waals surface area contributed by atoms with Crippen molar-refractivity contribution in [3.8, 4) is 0 Å². The van der Waals surface area contributed by atoms with E-state index in [0.29, 0.717) is 0 Å². The number of nitrogens with zero attached hydrogens (tertiary/aromatic N) is 1. The molecule has 0 atom stereocenters. The standard InChI is InChI=1S/C7H14NO/c1-4-9-7-5-6-8(2)3/h5-7H,4H2,1-3H3/q+1. The van der Waals surface area contributed by atoms with Crippen molar-refractivity contribution in [3.63, 3.8) is 0 Å². The zero-order valence-electron chi connectivity index (χ0n) is 6.29. The van der Waals surface area contributed by atoms with E-state index in [1.165, 1.54) is 0 Å². The fourth-order valence-electron chi connectivity index (χ4n) is 0.359. The molecule has 0 N–H and O–H groups in total. The molecule has 2 heteroatoms. The molecule has 0 unspecified atom stereocenters. The van der Waals surface area contributed by atoms with E-state index in [2.05, 4.69) is 0 Å². The molecule has 2 nitrogen and oxygen atoms in total. The predicted octanol–water partition coefficient (Wildman–Crippen LogP) is 0.879. The van der Waals surface area contributed by atoms with Gasteiger partial charge in [-0.3, -0.25) is 0 Å². The lowest BCUT2D eigenvalue weighted by atomic mass is 10.6. The van der Waals surface area contributed by atoms with Crippen LogP contribution in [0.3, 0.4) is 0 Å². The number of hydrogen-bond acceptors (Lipinski definition) is 1. The minimum atomic E-state index is 0.734. The van der Waals surface area contributed by atoms with Gasteiger partial charge < -0.3 is 4.74 Å². The van der Waals surface area contributed by atoms with Crippen molar-refractivity contribution in [1.29, 1.82) is 0 Å². The highest BCUT2D eigenvalue weighted by Crippen LogP contribution is 1.72. The van der Waals surface area contributed by atoms with Crippen molar-refractivity contribution in [2.75, 3.05) is 20.7 Å². The summed E-state index contributed by atoms with van der Waals surface area (Å²) in [5.74, 6) is 0. The summed E-state index contributed by atoms with van der Waals surface area (Å²) < 4.78 is 6.90. The van der Waals surface area contributed by atoms with Crippen LogP contribution in [0.5, 0.6) is 0 Å². The maximum Gasteiger partial charge on any atom is 0.165 e. The molecule has 0 aliphatic rings. The van der Waals surface area contributed by atoms with E-state index in [1.54, 1.807) is 6.26 Å². The first-order valence-corrected chi connectivity index (χ1v) is 3.05. The Morgan fingerprint density at radius 3 is 2.56 bits per heavy atom. The summed E-state index contributed by atoms with van der Waals surface area (Å²) in [5, 5.41) is 0. The van der Waals surface area contributed by atoms with Crippen molar-refractivity contribution >= 4 is 6.21 Å². The smallest absolute Gasteiger partial charge is 0.165 e. The molecule has 0 saturated carbocycles.